The van der Waals surface area contributed by atoms with Gasteiger partial charge in [0.25, 0.3) is 0 Å². The molecule has 0 amide bonds. The predicted molar refractivity (Wildman–Crippen MR) is 90.7 cm³/mol. The maximum Gasteiger partial charge on any atom is 0.354 e. The molecule has 2 aliphatic heterocycles. The molecule has 25 heavy (non-hydrogen) atoms. The van der Waals surface area contributed by atoms with Crippen LogP contribution in [-0.2, 0) is 36.7 Å². The minimum absolute atomic E-state index is 0.340. The van der Waals surface area contributed by atoms with Gasteiger partial charge >= 0.3 is 11.9 Å². The Bertz CT molecular complexity index is 823. The number of hydrogen-bond acceptors (Lipinski definition) is 6. The van der Waals surface area contributed by atoms with Crippen LogP contribution in [0.5, 0.6) is 0 Å². The van der Waals surface area contributed by atoms with Gasteiger partial charge in [-0.3, -0.25) is 0 Å². The molecule has 0 atom stereocenters. The van der Waals surface area contributed by atoms with E-state index in [1.54, 1.807) is 0 Å². The van der Waals surface area contributed by atoms with E-state index in [9.17, 15) is 9.59 Å². The summed E-state index contributed by atoms with van der Waals surface area (Å²) in [6.07, 6.45) is 0. The van der Waals surface area contributed by atoms with Gasteiger partial charge in [0.05, 0.1) is 56.7 Å². The molecule has 0 fully saturated rings. The second kappa shape index (κ2) is 5.30. The molecule has 0 radical (unpaired) electrons. The normalized spacial score (nSPS) is 14.9. The summed E-state index contributed by atoms with van der Waals surface area (Å²) in [5, 5.41) is 0. The molecule has 2 aromatic heterocycles. The largest absolute Gasteiger partial charge is 0.464 e. The molecule has 8 heteroatoms. The van der Waals surface area contributed by atoms with Gasteiger partial charge < -0.3 is 28.4 Å². The van der Waals surface area contributed by atoms with Crippen LogP contribution >= 0.6 is 0 Å². The van der Waals surface area contributed by atoms with Gasteiger partial charge in [-0.05, 0) is 12.1 Å². The molecule has 0 aromatic carbocycles. The number of hydrogen-bond donors (Lipinski definition) is 0. The first-order valence-electron chi connectivity index (χ1n) is 8.00. The van der Waals surface area contributed by atoms with Crippen molar-refractivity contribution in [3.8, 4) is 0 Å². The monoisotopic (exact) mass is 344 g/mol. The Morgan fingerprint density at radius 3 is 1.60 bits per heavy atom. The van der Waals surface area contributed by atoms with Crippen molar-refractivity contribution >= 4 is 23.3 Å². The predicted octanol–water partition coefficient (Wildman–Crippen LogP) is 1.23. The number of ether oxygens (including phenoxy) is 2. The summed E-state index contributed by atoms with van der Waals surface area (Å²) in [6, 6.07) is 3.77. The first kappa shape index (κ1) is 15.6. The molecular formula is C17H20N4O4. The lowest BCUT2D eigenvalue weighted by Crippen LogP contribution is -2.46. The van der Waals surface area contributed by atoms with Crippen molar-refractivity contribution in [2.24, 2.45) is 14.1 Å². The lowest BCUT2D eigenvalue weighted by molar-refractivity contribution is 0.0580. The number of rotatable bonds is 2. The van der Waals surface area contributed by atoms with Crippen molar-refractivity contribution in [1.29, 1.82) is 0 Å². The Labute approximate surface area is 145 Å². The number of fused-ring (bicyclic) bond motifs is 6. The Kier molecular flexibility index (Phi) is 3.31. The summed E-state index contributed by atoms with van der Waals surface area (Å²) in [5.74, 6) is -0.679. The van der Waals surface area contributed by atoms with Crippen LogP contribution in [0.25, 0.3) is 0 Å². The lowest BCUT2D eigenvalue weighted by Gasteiger charge is -2.42. The minimum atomic E-state index is -0.340. The van der Waals surface area contributed by atoms with Crippen molar-refractivity contribution in [3.05, 3.63) is 34.9 Å². The highest BCUT2D eigenvalue weighted by Gasteiger charge is 2.36. The summed E-state index contributed by atoms with van der Waals surface area (Å²) in [4.78, 5) is 28.4. The van der Waals surface area contributed by atoms with E-state index in [0.29, 0.717) is 24.5 Å². The molecule has 2 bridgehead atoms. The van der Waals surface area contributed by atoms with Crippen LogP contribution in [-0.4, -0.2) is 42.0 Å². The fourth-order valence-corrected chi connectivity index (χ4v) is 3.77. The second-order valence-corrected chi connectivity index (χ2v) is 6.36. The quantitative estimate of drug-likeness (QED) is 0.764. The van der Waals surface area contributed by atoms with E-state index < -0.39 is 0 Å². The highest BCUT2D eigenvalue weighted by atomic mass is 16.5. The molecule has 0 aliphatic carbocycles. The second-order valence-electron chi connectivity index (χ2n) is 6.36. The highest BCUT2D eigenvalue weighted by Crippen LogP contribution is 2.40. The van der Waals surface area contributed by atoms with Crippen LogP contribution in [0.2, 0.25) is 0 Å². The van der Waals surface area contributed by atoms with Gasteiger partial charge in [-0.2, -0.15) is 0 Å². The molecule has 0 spiro atoms. The number of nitrogens with zero attached hydrogens (tertiary/aromatic N) is 4. The third kappa shape index (κ3) is 2.06. The fraction of sp³-hybridized carbons (Fsp3) is 0.412. The zero-order valence-corrected chi connectivity index (χ0v) is 14.7. The smallest absolute Gasteiger partial charge is 0.354 e. The van der Waals surface area contributed by atoms with E-state index in [4.69, 9.17) is 9.47 Å². The topological polar surface area (TPSA) is 68.9 Å². The first-order chi connectivity index (χ1) is 12.0. The molecule has 0 saturated carbocycles. The average Bonchev–Trinajstić information content (AvgIpc) is 3.13. The lowest BCUT2D eigenvalue weighted by atomic mass is 10.1. The number of anilines is 2. The summed E-state index contributed by atoms with van der Waals surface area (Å²) < 4.78 is 13.5. The Morgan fingerprint density at radius 1 is 0.840 bits per heavy atom. The van der Waals surface area contributed by atoms with E-state index in [-0.39, 0.29) is 11.9 Å². The van der Waals surface area contributed by atoms with Crippen molar-refractivity contribution in [1.82, 2.24) is 9.13 Å². The molecular weight excluding hydrogens is 324 g/mol. The number of aromatic nitrogens is 2. The Hall–Kier alpha value is -2.90. The van der Waals surface area contributed by atoms with Crippen molar-refractivity contribution in [3.63, 3.8) is 0 Å². The Morgan fingerprint density at radius 2 is 1.24 bits per heavy atom. The van der Waals surface area contributed by atoms with E-state index in [0.717, 1.165) is 29.4 Å². The van der Waals surface area contributed by atoms with Crippen LogP contribution in [0, 0.1) is 0 Å². The zero-order chi connectivity index (χ0) is 17.9. The van der Waals surface area contributed by atoms with Crippen LogP contribution < -0.4 is 9.80 Å². The van der Waals surface area contributed by atoms with Gasteiger partial charge in [0.2, 0.25) is 0 Å². The minimum Gasteiger partial charge on any atom is -0.464 e. The summed E-state index contributed by atoms with van der Waals surface area (Å²) in [7, 11) is 6.53. The van der Waals surface area contributed by atoms with Gasteiger partial charge in [-0.1, -0.05) is 0 Å². The molecule has 0 unspecified atom stereocenters. The molecule has 4 heterocycles. The molecule has 0 saturated heterocycles. The maximum atomic E-state index is 12.0. The number of methoxy groups -OCH3 is 2. The van der Waals surface area contributed by atoms with Gasteiger partial charge in [0, 0.05) is 14.1 Å². The maximum absolute atomic E-state index is 12.0. The third-order valence-electron chi connectivity index (χ3n) is 5.16. The fourth-order valence-electron chi connectivity index (χ4n) is 3.77. The molecule has 2 aliphatic rings. The van der Waals surface area contributed by atoms with Gasteiger partial charge in [0.1, 0.15) is 11.4 Å². The Balaban J connectivity index is 1.78. The summed E-state index contributed by atoms with van der Waals surface area (Å²) in [6.45, 7) is 2.04. The van der Waals surface area contributed by atoms with Crippen LogP contribution in [0.1, 0.15) is 32.4 Å². The van der Waals surface area contributed by atoms with Gasteiger partial charge in [-0.15, -0.1) is 0 Å². The molecule has 132 valence electrons. The van der Waals surface area contributed by atoms with Crippen molar-refractivity contribution in [2.75, 3.05) is 30.7 Å². The number of esters is 2. The summed E-state index contributed by atoms with van der Waals surface area (Å²) >= 11 is 0. The van der Waals surface area contributed by atoms with E-state index in [2.05, 4.69) is 9.80 Å². The first-order valence-corrected chi connectivity index (χ1v) is 8.00. The highest BCUT2D eigenvalue weighted by molar-refractivity contribution is 5.91. The van der Waals surface area contributed by atoms with Crippen LogP contribution in [0.4, 0.5) is 11.4 Å². The van der Waals surface area contributed by atoms with E-state index in [1.165, 1.54) is 14.2 Å². The van der Waals surface area contributed by atoms with Crippen molar-refractivity contribution < 1.29 is 19.1 Å². The van der Waals surface area contributed by atoms with Gasteiger partial charge in [0.15, 0.2) is 0 Å². The third-order valence-corrected chi connectivity index (χ3v) is 5.16. The molecule has 8 nitrogen and oxygen atoms in total. The SMILES string of the molecule is COC(=O)c1cc2c(n1C)CN1CN2Cc2c1cc(C(=O)OC)n2C. The zero-order valence-electron chi connectivity index (χ0n) is 14.7. The summed E-state index contributed by atoms with van der Waals surface area (Å²) in [5.41, 5.74) is 5.26. The van der Waals surface area contributed by atoms with Crippen LogP contribution in [0.15, 0.2) is 12.1 Å². The number of carbonyl (C=O) groups excluding carboxylic acids is 2. The number of carbonyl (C=O) groups is 2. The van der Waals surface area contributed by atoms with Crippen molar-refractivity contribution in [2.45, 2.75) is 13.1 Å². The van der Waals surface area contributed by atoms with E-state index >= 15 is 0 Å². The standard InChI is InChI=1S/C17H20N4O4/c1-18-12(16(22)24-3)5-10-14(18)7-20-9-21(10)8-15-11(20)6-13(19(15)2)17(23)25-4/h5-6H,7-9H2,1-4H3. The van der Waals surface area contributed by atoms with Crippen LogP contribution in [0.3, 0.4) is 0 Å². The van der Waals surface area contributed by atoms with E-state index in [1.807, 2.05) is 35.4 Å². The average molecular weight is 344 g/mol. The molecule has 0 N–H and O–H groups in total. The van der Waals surface area contributed by atoms with Gasteiger partial charge in [-0.25, -0.2) is 9.59 Å². The molecule has 2 aromatic rings. The molecule has 4 rings (SSSR count).